The number of carboxylic acids is 1. The van der Waals surface area contributed by atoms with E-state index < -0.39 is 54.3 Å². The van der Waals surface area contributed by atoms with Crippen LogP contribution in [0, 0.1) is 0 Å². The number of benzene rings is 2. The van der Waals surface area contributed by atoms with Gasteiger partial charge in [-0.05, 0) is 102 Å². The SMILES string of the molecule is CCNCCCCC(NC(=O)C(CCCCN(C)C)NC(=O)C(CCC(=O)O)NC(=O)OCc1ccccc1)C(=O)Nc1ccc2nc(C3=NC(CO)CS3)sc2c1. The van der Waals surface area contributed by atoms with Crippen molar-refractivity contribution in [1.82, 2.24) is 31.2 Å². The number of aliphatic hydroxyl groups is 1. The molecule has 1 aromatic heterocycles. The molecule has 0 saturated carbocycles. The molecule has 1 aliphatic rings. The number of carbonyl (C=O) groups excluding carboxylic acids is 4. The quantitative estimate of drug-likeness (QED) is 0.0607. The van der Waals surface area contributed by atoms with Crippen molar-refractivity contribution >= 4 is 73.8 Å². The van der Waals surface area contributed by atoms with Crippen LogP contribution in [0.2, 0.25) is 0 Å². The Morgan fingerprint density at radius 2 is 1.59 bits per heavy atom. The summed E-state index contributed by atoms with van der Waals surface area (Å²) in [5.41, 5.74) is 1.99. The number of aliphatic hydroxyl groups excluding tert-OH is 1. The van der Waals surface area contributed by atoms with Crippen LogP contribution in [0.25, 0.3) is 10.2 Å². The van der Waals surface area contributed by atoms with Crippen molar-refractivity contribution in [3.05, 3.63) is 59.1 Å². The molecule has 316 valence electrons. The number of carbonyl (C=O) groups is 5. The molecular formula is C40H56N8O8S2. The van der Waals surface area contributed by atoms with Gasteiger partial charge in [-0.1, -0.05) is 37.3 Å². The molecule has 4 atom stereocenters. The van der Waals surface area contributed by atoms with Gasteiger partial charge >= 0.3 is 12.1 Å². The fourth-order valence-electron chi connectivity index (χ4n) is 6.03. The van der Waals surface area contributed by atoms with Crippen LogP contribution >= 0.6 is 23.1 Å². The Kier molecular flexibility index (Phi) is 19.3. The van der Waals surface area contributed by atoms with Crippen molar-refractivity contribution < 1.29 is 38.9 Å². The van der Waals surface area contributed by atoms with Crippen LogP contribution in [-0.4, -0.2) is 125 Å². The van der Waals surface area contributed by atoms with Gasteiger partial charge in [0.2, 0.25) is 17.7 Å². The molecular weight excluding hydrogens is 785 g/mol. The maximum atomic E-state index is 14.1. The number of aromatic nitrogens is 1. The van der Waals surface area contributed by atoms with Crippen molar-refractivity contribution in [2.75, 3.05) is 51.4 Å². The predicted molar refractivity (Wildman–Crippen MR) is 227 cm³/mol. The molecule has 0 spiro atoms. The van der Waals surface area contributed by atoms with Crippen LogP contribution in [-0.2, 0) is 30.5 Å². The van der Waals surface area contributed by atoms with Gasteiger partial charge in [0, 0.05) is 17.9 Å². The summed E-state index contributed by atoms with van der Waals surface area (Å²) in [5, 5.41) is 34.7. The molecule has 58 heavy (non-hydrogen) atoms. The number of fused-ring (bicyclic) bond motifs is 1. The molecule has 0 saturated heterocycles. The minimum Gasteiger partial charge on any atom is -0.481 e. The fourth-order valence-corrected chi connectivity index (χ4v) is 8.15. The number of hydrogen-bond donors (Lipinski definition) is 7. The van der Waals surface area contributed by atoms with Crippen LogP contribution < -0.4 is 26.6 Å². The zero-order valence-electron chi connectivity index (χ0n) is 33.3. The molecule has 0 radical (unpaired) electrons. The Labute approximate surface area is 347 Å². The minimum atomic E-state index is -1.31. The first-order valence-corrected chi connectivity index (χ1v) is 21.4. The summed E-state index contributed by atoms with van der Waals surface area (Å²) in [6, 6.07) is 10.8. The fraction of sp³-hybridized carbons (Fsp3) is 0.525. The number of aliphatic carboxylic acids is 1. The second-order valence-electron chi connectivity index (χ2n) is 14.2. The number of nitrogens with zero attached hydrogens (tertiary/aromatic N) is 3. The van der Waals surface area contributed by atoms with Crippen molar-refractivity contribution in [2.45, 2.75) is 89.1 Å². The molecule has 2 aromatic carbocycles. The Morgan fingerprint density at radius 3 is 2.24 bits per heavy atom. The summed E-state index contributed by atoms with van der Waals surface area (Å²) in [7, 11) is 3.87. The Balaban J connectivity index is 1.49. The summed E-state index contributed by atoms with van der Waals surface area (Å²) in [4.78, 5) is 77.1. The summed E-state index contributed by atoms with van der Waals surface area (Å²) in [6.07, 6.45) is 1.67. The third-order valence-corrected chi connectivity index (χ3v) is 11.5. The van der Waals surface area contributed by atoms with Gasteiger partial charge in [-0.3, -0.25) is 24.2 Å². The van der Waals surface area contributed by atoms with Gasteiger partial charge in [-0.2, -0.15) is 0 Å². The van der Waals surface area contributed by atoms with Crippen LogP contribution in [0.4, 0.5) is 10.5 Å². The van der Waals surface area contributed by atoms with E-state index >= 15 is 0 Å². The number of rotatable bonds is 25. The van der Waals surface area contributed by atoms with E-state index in [1.165, 1.54) is 11.3 Å². The van der Waals surface area contributed by atoms with Gasteiger partial charge < -0.3 is 46.4 Å². The molecule has 18 heteroatoms. The molecule has 0 fully saturated rings. The van der Waals surface area contributed by atoms with Gasteiger partial charge in [0.15, 0.2) is 0 Å². The number of hydrogen-bond acceptors (Lipinski definition) is 13. The normalized spacial score (nSPS) is 15.3. The number of thioether (sulfide) groups is 1. The lowest BCUT2D eigenvalue weighted by Crippen LogP contribution is -2.56. The van der Waals surface area contributed by atoms with Crippen molar-refractivity contribution in [1.29, 1.82) is 0 Å². The van der Waals surface area contributed by atoms with E-state index in [1.807, 2.05) is 44.1 Å². The number of unbranched alkanes of at least 4 members (excludes halogenated alkanes) is 2. The number of amides is 4. The van der Waals surface area contributed by atoms with Gasteiger partial charge in [0.05, 0.1) is 22.9 Å². The largest absolute Gasteiger partial charge is 0.481 e. The van der Waals surface area contributed by atoms with E-state index in [0.717, 1.165) is 58.3 Å². The highest BCUT2D eigenvalue weighted by Crippen LogP contribution is 2.31. The molecule has 4 rings (SSSR count). The summed E-state index contributed by atoms with van der Waals surface area (Å²) in [5.74, 6) is -2.22. The lowest BCUT2D eigenvalue weighted by atomic mass is 10.0. The maximum Gasteiger partial charge on any atom is 0.408 e. The highest BCUT2D eigenvalue weighted by atomic mass is 32.2. The molecule has 4 amide bonds. The third kappa shape index (κ3) is 15.6. The molecule has 2 heterocycles. The van der Waals surface area contributed by atoms with Gasteiger partial charge in [-0.15, -0.1) is 23.1 Å². The van der Waals surface area contributed by atoms with E-state index in [9.17, 15) is 34.2 Å². The molecule has 4 unspecified atom stereocenters. The first-order valence-electron chi connectivity index (χ1n) is 19.6. The summed E-state index contributed by atoms with van der Waals surface area (Å²) in [6.45, 7) is 4.22. The molecule has 0 bridgehead atoms. The summed E-state index contributed by atoms with van der Waals surface area (Å²) < 4.78 is 6.13. The predicted octanol–water partition coefficient (Wildman–Crippen LogP) is 3.73. The monoisotopic (exact) mass is 840 g/mol. The number of nitrogens with one attached hydrogen (secondary N) is 5. The number of thiazole rings is 1. The van der Waals surface area contributed by atoms with Crippen LogP contribution in [0.5, 0.6) is 0 Å². The third-order valence-electron chi connectivity index (χ3n) is 9.19. The van der Waals surface area contributed by atoms with Crippen molar-refractivity contribution in [3.63, 3.8) is 0 Å². The first-order chi connectivity index (χ1) is 27.9. The topological polar surface area (TPSA) is 224 Å². The van der Waals surface area contributed by atoms with E-state index in [-0.39, 0.29) is 32.1 Å². The van der Waals surface area contributed by atoms with Crippen molar-refractivity contribution in [3.8, 4) is 0 Å². The number of aliphatic imine (C=N–C) groups is 1. The number of ether oxygens (including phenoxy) is 1. The second-order valence-corrected chi connectivity index (χ2v) is 16.3. The average Bonchev–Trinajstić information content (AvgIpc) is 3.87. The lowest BCUT2D eigenvalue weighted by molar-refractivity contribution is -0.137. The number of alkyl carbamates (subject to hydrolysis) is 1. The van der Waals surface area contributed by atoms with E-state index in [2.05, 4.69) is 36.6 Å². The molecule has 7 N–H and O–H groups in total. The van der Waals surface area contributed by atoms with E-state index in [4.69, 9.17) is 4.74 Å². The zero-order valence-corrected chi connectivity index (χ0v) is 35.0. The van der Waals surface area contributed by atoms with Gasteiger partial charge in [0.1, 0.15) is 34.8 Å². The van der Waals surface area contributed by atoms with Crippen LogP contribution in [0.1, 0.15) is 68.9 Å². The zero-order chi connectivity index (χ0) is 41.9. The van der Waals surface area contributed by atoms with E-state index in [0.29, 0.717) is 30.7 Å². The highest BCUT2D eigenvalue weighted by molar-refractivity contribution is 8.15. The number of carboxylic acid groups (broad SMARTS) is 1. The molecule has 1 aliphatic heterocycles. The lowest BCUT2D eigenvalue weighted by Gasteiger charge is -2.25. The van der Waals surface area contributed by atoms with Crippen LogP contribution in [0.3, 0.4) is 0 Å². The average molecular weight is 841 g/mol. The molecule has 0 aliphatic carbocycles. The minimum absolute atomic E-state index is 0.0233. The molecule has 3 aromatic rings. The summed E-state index contributed by atoms with van der Waals surface area (Å²) >= 11 is 2.99. The molecule has 16 nitrogen and oxygen atoms in total. The standard InChI is InChI=1S/C40H56N8O8S2/c1-4-41-20-10-8-14-30(35(52)42-27-16-17-29-33(22-27)58-39(46-29)38-43-28(23-49)25-57-38)44-36(53)31(15-9-11-21-48(2)3)45-37(54)32(18-19-34(50)51)47-40(55)56-24-26-12-6-5-7-13-26/h5-7,12-13,16-17,22,28,30-32,41,49H,4,8-11,14-15,18-21,23-25H2,1-3H3,(H,42,52)(H,44,53)(H,45,54)(H,47,55)(H,50,51). The van der Waals surface area contributed by atoms with Crippen molar-refractivity contribution in [2.24, 2.45) is 4.99 Å². The Bertz CT molecular complexity index is 1840. The first kappa shape index (κ1) is 46.1. The highest BCUT2D eigenvalue weighted by Gasteiger charge is 2.30. The Hall–Kier alpha value is -4.62. The second kappa shape index (κ2) is 24.3. The van der Waals surface area contributed by atoms with Gasteiger partial charge in [0.25, 0.3) is 0 Å². The number of anilines is 1. The van der Waals surface area contributed by atoms with Crippen LogP contribution in [0.15, 0.2) is 53.5 Å². The van der Waals surface area contributed by atoms with E-state index in [1.54, 1.807) is 42.1 Å². The Morgan fingerprint density at radius 1 is 0.897 bits per heavy atom. The van der Waals surface area contributed by atoms with Gasteiger partial charge in [-0.25, -0.2) is 9.78 Å². The smallest absolute Gasteiger partial charge is 0.408 e. The maximum absolute atomic E-state index is 14.1.